The molecule has 3 rings (SSSR count). The Bertz CT molecular complexity index is 908. The molecule has 3 aromatic carbocycles. The standard InChI is InChI=1S/C21H20N2O4P/c22-28(19-7-3-1-4-8-19,20-9-5-2-6-10-20)16-21(24)27-15-17-11-13-18(14-12-17)23(25)26/h1-14H,15-16,22H2/q+1. The quantitative estimate of drug-likeness (QED) is 0.287. The van der Waals surface area contributed by atoms with Gasteiger partial charge >= 0.3 is 5.97 Å². The number of benzene rings is 3. The van der Waals surface area contributed by atoms with Gasteiger partial charge in [-0.3, -0.25) is 10.1 Å². The number of hydrogen-bond donors (Lipinski definition) is 1. The number of carbonyl (C=O) groups excluding carboxylic acids is 1. The van der Waals surface area contributed by atoms with Crippen LogP contribution in [0, 0.1) is 10.1 Å². The van der Waals surface area contributed by atoms with Crippen LogP contribution >= 0.6 is 7.41 Å². The van der Waals surface area contributed by atoms with Crippen molar-refractivity contribution >= 4 is 29.7 Å². The molecule has 0 aliphatic rings. The third-order valence-corrected chi connectivity index (χ3v) is 7.56. The number of nitrogens with zero attached hydrogens (tertiary/aromatic N) is 1. The lowest BCUT2D eigenvalue weighted by molar-refractivity contribution is -0.384. The van der Waals surface area contributed by atoms with Gasteiger partial charge in [-0.25, -0.2) is 4.79 Å². The number of nitro groups is 1. The number of rotatable bonds is 7. The highest BCUT2D eigenvalue weighted by atomic mass is 31.2. The first-order chi connectivity index (χ1) is 13.5. The summed E-state index contributed by atoms with van der Waals surface area (Å²) in [5, 5.41) is 12.6. The summed E-state index contributed by atoms with van der Waals surface area (Å²) in [6, 6.07) is 25.1. The van der Waals surface area contributed by atoms with E-state index in [0.717, 1.165) is 10.6 Å². The third-order valence-electron chi connectivity index (χ3n) is 4.36. The fourth-order valence-corrected chi connectivity index (χ4v) is 5.42. The SMILES string of the molecule is N[P+](CC(=O)OCc1ccc([N+](=O)[O-])cc1)(c1ccccc1)c1ccccc1. The summed E-state index contributed by atoms with van der Waals surface area (Å²) in [6.45, 7) is 0.0421. The summed E-state index contributed by atoms with van der Waals surface area (Å²) in [5.41, 5.74) is 7.47. The fraction of sp³-hybridized carbons (Fsp3) is 0.0952. The molecule has 7 heteroatoms. The molecule has 0 unspecified atom stereocenters. The van der Waals surface area contributed by atoms with Crippen molar-refractivity contribution in [2.45, 2.75) is 6.61 Å². The number of nitrogens with two attached hydrogens (primary N) is 1. The van der Waals surface area contributed by atoms with Crippen LogP contribution in [0.15, 0.2) is 84.9 Å². The van der Waals surface area contributed by atoms with E-state index < -0.39 is 18.3 Å². The second kappa shape index (κ2) is 8.74. The molecule has 3 aromatic rings. The third kappa shape index (κ3) is 4.60. The van der Waals surface area contributed by atoms with Gasteiger partial charge in [0.15, 0.2) is 13.6 Å². The molecule has 0 aliphatic carbocycles. The minimum Gasteiger partial charge on any atom is -0.458 e. The number of non-ortho nitro benzene ring substituents is 1. The highest BCUT2D eigenvalue weighted by Crippen LogP contribution is 2.47. The van der Waals surface area contributed by atoms with Crippen LogP contribution in [-0.2, 0) is 16.1 Å². The molecule has 0 bridgehead atoms. The van der Waals surface area contributed by atoms with Gasteiger partial charge in [0, 0.05) is 12.1 Å². The molecule has 0 fully saturated rings. The minimum atomic E-state index is -2.44. The Kier molecular flexibility index (Phi) is 6.14. The van der Waals surface area contributed by atoms with E-state index in [-0.39, 0.29) is 18.5 Å². The first kappa shape index (κ1) is 19.7. The predicted octanol–water partition coefficient (Wildman–Crippen LogP) is 3.18. The normalized spacial score (nSPS) is 11.0. The molecule has 0 spiro atoms. The van der Waals surface area contributed by atoms with Gasteiger partial charge in [0.25, 0.3) is 5.69 Å². The Morgan fingerprint density at radius 2 is 1.39 bits per heavy atom. The van der Waals surface area contributed by atoms with Crippen molar-refractivity contribution in [1.29, 1.82) is 0 Å². The molecule has 0 saturated carbocycles. The summed E-state index contributed by atoms with van der Waals surface area (Å²) in [6.07, 6.45) is 0.0774. The van der Waals surface area contributed by atoms with Crippen molar-refractivity contribution in [2.24, 2.45) is 5.50 Å². The van der Waals surface area contributed by atoms with Crippen LogP contribution < -0.4 is 16.1 Å². The first-order valence-corrected chi connectivity index (χ1v) is 10.7. The molecule has 6 nitrogen and oxygen atoms in total. The molecule has 0 radical (unpaired) electrons. The van der Waals surface area contributed by atoms with Gasteiger partial charge in [0.1, 0.15) is 17.2 Å². The average Bonchev–Trinajstić information content (AvgIpc) is 2.73. The molecule has 142 valence electrons. The zero-order valence-corrected chi connectivity index (χ0v) is 16.0. The van der Waals surface area contributed by atoms with Crippen LogP contribution in [0.1, 0.15) is 5.56 Å². The second-order valence-corrected chi connectivity index (χ2v) is 9.37. The second-order valence-electron chi connectivity index (χ2n) is 6.28. The Morgan fingerprint density at radius 3 is 1.86 bits per heavy atom. The minimum absolute atomic E-state index is 0.00451. The van der Waals surface area contributed by atoms with Crippen LogP contribution in [0.25, 0.3) is 0 Å². The topological polar surface area (TPSA) is 95.5 Å². The maximum Gasteiger partial charge on any atom is 0.346 e. The van der Waals surface area contributed by atoms with Gasteiger partial charge < -0.3 is 4.74 Å². The van der Waals surface area contributed by atoms with Gasteiger partial charge in [0.2, 0.25) is 0 Å². The van der Waals surface area contributed by atoms with Gasteiger partial charge in [-0.05, 0) is 42.0 Å². The highest BCUT2D eigenvalue weighted by molar-refractivity contribution is 7.88. The molecule has 0 aliphatic heterocycles. The van der Waals surface area contributed by atoms with Crippen molar-refractivity contribution in [2.75, 3.05) is 6.16 Å². The van der Waals surface area contributed by atoms with Gasteiger partial charge in [0.05, 0.1) is 4.92 Å². The largest absolute Gasteiger partial charge is 0.458 e. The van der Waals surface area contributed by atoms with Crippen LogP contribution in [-0.4, -0.2) is 17.1 Å². The van der Waals surface area contributed by atoms with Crippen molar-refractivity contribution in [3.63, 3.8) is 0 Å². The van der Waals surface area contributed by atoms with E-state index in [9.17, 15) is 14.9 Å². The molecule has 0 heterocycles. The summed E-state index contributed by atoms with van der Waals surface area (Å²) in [4.78, 5) is 22.8. The molecule has 0 amide bonds. The molecular formula is C21H20N2O4P+. The Morgan fingerprint density at radius 1 is 0.893 bits per heavy atom. The van der Waals surface area contributed by atoms with Crippen molar-refractivity contribution in [3.05, 3.63) is 101 Å². The van der Waals surface area contributed by atoms with Crippen LogP contribution in [0.4, 0.5) is 5.69 Å². The van der Waals surface area contributed by atoms with Crippen LogP contribution in [0.2, 0.25) is 0 Å². The zero-order chi connectivity index (χ0) is 20.0. The lowest BCUT2D eigenvalue weighted by Crippen LogP contribution is -2.34. The summed E-state index contributed by atoms with van der Waals surface area (Å²) in [5.74, 6) is -0.401. The Balaban J connectivity index is 1.74. The maximum absolute atomic E-state index is 12.6. The number of carbonyl (C=O) groups is 1. The van der Waals surface area contributed by atoms with E-state index in [1.165, 1.54) is 12.1 Å². The molecule has 0 saturated heterocycles. The van der Waals surface area contributed by atoms with Crippen LogP contribution in [0.3, 0.4) is 0 Å². The van der Waals surface area contributed by atoms with Gasteiger partial charge in [-0.1, -0.05) is 36.4 Å². The summed E-state index contributed by atoms with van der Waals surface area (Å²) >= 11 is 0. The van der Waals surface area contributed by atoms with Crippen molar-refractivity contribution < 1.29 is 14.5 Å². The lowest BCUT2D eigenvalue weighted by Gasteiger charge is -2.21. The Hall–Kier alpha value is -3.08. The average molecular weight is 395 g/mol. The fourth-order valence-electron chi connectivity index (χ4n) is 2.85. The number of ether oxygens (including phenoxy) is 1. The Labute approximate surface area is 163 Å². The van der Waals surface area contributed by atoms with E-state index in [1.54, 1.807) is 12.1 Å². The molecule has 28 heavy (non-hydrogen) atoms. The van der Waals surface area contributed by atoms with E-state index in [0.29, 0.717) is 5.56 Å². The van der Waals surface area contributed by atoms with E-state index in [2.05, 4.69) is 0 Å². The lowest BCUT2D eigenvalue weighted by atomic mass is 10.2. The first-order valence-electron chi connectivity index (χ1n) is 8.66. The molecule has 0 aromatic heterocycles. The highest BCUT2D eigenvalue weighted by Gasteiger charge is 2.42. The zero-order valence-electron chi connectivity index (χ0n) is 15.1. The summed E-state index contributed by atoms with van der Waals surface area (Å²) < 4.78 is 5.41. The molecule has 2 N–H and O–H groups in total. The van der Waals surface area contributed by atoms with Crippen LogP contribution in [0.5, 0.6) is 0 Å². The van der Waals surface area contributed by atoms with E-state index in [4.69, 9.17) is 10.2 Å². The summed E-state index contributed by atoms with van der Waals surface area (Å²) in [7, 11) is -2.44. The monoisotopic (exact) mass is 395 g/mol. The van der Waals surface area contributed by atoms with Gasteiger partial charge in [-0.15, -0.1) is 0 Å². The smallest absolute Gasteiger partial charge is 0.346 e. The number of nitro benzene ring substituents is 1. The molecular weight excluding hydrogens is 375 g/mol. The molecule has 0 atom stereocenters. The van der Waals surface area contributed by atoms with Crippen molar-refractivity contribution in [3.8, 4) is 0 Å². The van der Waals surface area contributed by atoms with E-state index >= 15 is 0 Å². The van der Waals surface area contributed by atoms with E-state index in [1.807, 2.05) is 60.7 Å². The maximum atomic E-state index is 12.6. The van der Waals surface area contributed by atoms with Gasteiger partial charge in [-0.2, -0.15) is 5.50 Å². The van der Waals surface area contributed by atoms with Crippen molar-refractivity contribution in [1.82, 2.24) is 0 Å². The number of esters is 1. The number of hydrogen-bond acceptors (Lipinski definition) is 5. The predicted molar refractivity (Wildman–Crippen MR) is 111 cm³/mol.